The summed E-state index contributed by atoms with van der Waals surface area (Å²) in [5, 5.41) is 6.37. The molecule has 0 atom stereocenters. The number of H-pyrrole nitrogens is 1. The number of aromatic amines is 1. The molecule has 1 heterocycles. The van der Waals surface area contributed by atoms with Gasteiger partial charge in [-0.25, -0.2) is 8.78 Å². The largest absolute Gasteiger partial charge is 0.490 e. The second-order valence-electron chi connectivity index (χ2n) is 4.04. The van der Waals surface area contributed by atoms with Gasteiger partial charge >= 0.3 is 0 Å². The third-order valence-corrected chi connectivity index (χ3v) is 2.80. The van der Waals surface area contributed by atoms with Crippen molar-refractivity contribution in [2.45, 2.75) is 31.6 Å². The summed E-state index contributed by atoms with van der Waals surface area (Å²) in [6.45, 7) is 0.510. The van der Waals surface area contributed by atoms with Crippen LogP contribution in [0.25, 0.3) is 0 Å². The van der Waals surface area contributed by atoms with E-state index in [0.29, 0.717) is 25.2 Å². The summed E-state index contributed by atoms with van der Waals surface area (Å²) in [5.41, 5.74) is 0. The SMILES string of the molecule is FC1(F)CCC(COc2cn[nH]c2)CC1. The smallest absolute Gasteiger partial charge is 0.248 e. The molecule has 0 aromatic carbocycles. The molecule has 0 spiro atoms. The lowest BCUT2D eigenvalue weighted by atomic mass is 9.87. The van der Waals surface area contributed by atoms with Gasteiger partial charge in [-0.15, -0.1) is 0 Å². The molecule has 0 radical (unpaired) electrons. The van der Waals surface area contributed by atoms with Gasteiger partial charge < -0.3 is 4.74 Å². The zero-order valence-electron chi connectivity index (χ0n) is 8.38. The lowest BCUT2D eigenvalue weighted by Crippen LogP contribution is -2.27. The Balaban J connectivity index is 1.73. The molecule has 0 aliphatic heterocycles. The van der Waals surface area contributed by atoms with Gasteiger partial charge in [0, 0.05) is 12.8 Å². The van der Waals surface area contributed by atoms with Crippen molar-refractivity contribution in [2.75, 3.05) is 6.61 Å². The number of nitrogens with one attached hydrogen (secondary N) is 1. The summed E-state index contributed by atoms with van der Waals surface area (Å²) in [7, 11) is 0. The molecule has 1 aromatic heterocycles. The molecule has 5 heteroatoms. The van der Waals surface area contributed by atoms with Crippen LogP contribution in [0.2, 0.25) is 0 Å². The lowest BCUT2D eigenvalue weighted by molar-refractivity contribution is -0.0498. The monoisotopic (exact) mass is 216 g/mol. The maximum Gasteiger partial charge on any atom is 0.248 e. The van der Waals surface area contributed by atoms with Crippen molar-refractivity contribution >= 4 is 0 Å². The first-order valence-electron chi connectivity index (χ1n) is 5.15. The van der Waals surface area contributed by atoms with E-state index in [1.165, 1.54) is 0 Å². The van der Waals surface area contributed by atoms with Gasteiger partial charge in [-0.2, -0.15) is 5.10 Å². The van der Waals surface area contributed by atoms with Crippen LogP contribution >= 0.6 is 0 Å². The highest BCUT2D eigenvalue weighted by atomic mass is 19.3. The van der Waals surface area contributed by atoms with Gasteiger partial charge in [0.25, 0.3) is 0 Å². The summed E-state index contributed by atoms with van der Waals surface area (Å²) in [4.78, 5) is 0. The highest BCUT2D eigenvalue weighted by Crippen LogP contribution is 2.36. The first kappa shape index (κ1) is 10.4. The van der Waals surface area contributed by atoms with Crippen LogP contribution in [-0.2, 0) is 0 Å². The first-order valence-corrected chi connectivity index (χ1v) is 5.15. The van der Waals surface area contributed by atoms with E-state index < -0.39 is 5.92 Å². The van der Waals surface area contributed by atoms with E-state index in [9.17, 15) is 8.78 Å². The Bertz CT molecular complexity index is 290. The van der Waals surface area contributed by atoms with Crippen molar-refractivity contribution in [2.24, 2.45) is 5.92 Å². The Morgan fingerprint density at radius 2 is 2.20 bits per heavy atom. The predicted molar refractivity (Wildman–Crippen MR) is 51.0 cm³/mol. The number of nitrogens with zero attached hydrogens (tertiary/aromatic N) is 1. The molecule has 84 valence electrons. The van der Waals surface area contributed by atoms with Gasteiger partial charge in [-0.1, -0.05) is 0 Å². The van der Waals surface area contributed by atoms with E-state index in [-0.39, 0.29) is 18.8 Å². The number of aromatic nitrogens is 2. The van der Waals surface area contributed by atoms with Crippen LogP contribution < -0.4 is 4.74 Å². The minimum atomic E-state index is -2.45. The average Bonchev–Trinajstić information content (AvgIpc) is 2.69. The Hall–Kier alpha value is -1.13. The summed E-state index contributed by atoms with van der Waals surface area (Å²) in [5.74, 6) is -1.53. The van der Waals surface area contributed by atoms with Crippen LogP contribution in [-0.4, -0.2) is 22.7 Å². The molecule has 1 fully saturated rings. The molecule has 1 aliphatic rings. The van der Waals surface area contributed by atoms with Crippen LogP contribution in [0.5, 0.6) is 5.75 Å². The Morgan fingerprint density at radius 1 is 1.47 bits per heavy atom. The van der Waals surface area contributed by atoms with E-state index in [1.807, 2.05) is 0 Å². The fourth-order valence-electron chi connectivity index (χ4n) is 1.80. The summed E-state index contributed by atoms with van der Waals surface area (Å²) in [6, 6.07) is 0. The van der Waals surface area contributed by atoms with E-state index in [0.717, 1.165) is 0 Å². The molecule has 1 aromatic rings. The third-order valence-electron chi connectivity index (χ3n) is 2.80. The quantitative estimate of drug-likeness (QED) is 0.843. The van der Waals surface area contributed by atoms with Gasteiger partial charge in [-0.3, -0.25) is 5.10 Å². The molecular formula is C10H14F2N2O. The maximum absolute atomic E-state index is 12.8. The van der Waals surface area contributed by atoms with Crippen molar-refractivity contribution < 1.29 is 13.5 Å². The van der Waals surface area contributed by atoms with Crippen LogP contribution in [0.4, 0.5) is 8.78 Å². The molecule has 3 nitrogen and oxygen atoms in total. The highest BCUT2D eigenvalue weighted by Gasteiger charge is 2.34. The highest BCUT2D eigenvalue weighted by molar-refractivity contribution is 5.10. The van der Waals surface area contributed by atoms with Crippen LogP contribution in [0.15, 0.2) is 12.4 Å². The fourth-order valence-corrected chi connectivity index (χ4v) is 1.80. The predicted octanol–water partition coefficient (Wildman–Crippen LogP) is 2.61. The van der Waals surface area contributed by atoms with Gasteiger partial charge in [0.05, 0.1) is 19.0 Å². The molecule has 0 bridgehead atoms. The normalized spacial score (nSPS) is 21.5. The minimum Gasteiger partial charge on any atom is -0.490 e. The first-order chi connectivity index (χ1) is 7.16. The van der Waals surface area contributed by atoms with E-state index in [2.05, 4.69) is 10.2 Å². The number of hydrogen-bond donors (Lipinski definition) is 1. The number of halogens is 2. The van der Waals surface area contributed by atoms with Crippen molar-refractivity contribution in [3.05, 3.63) is 12.4 Å². The van der Waals surface area contributed by atoms with Crippen LogP contribution in [0.1, 0.15) is 25.7 Å². The zero-order valence-corrected chi connectivity index (χ0v) is 8.38. The van der Waals surface area contributed by atoms with Crippen LogP contribution in [0, 0.1) is 5.92 Å². The van der Waals surface area contributed by atoms with Gasteiger partial charge in [-0.05, 0) is 18.8 Å². The van der Waals surface area contributed by atoms with Gasteiger partial charge in [0.1, 0.15) is 0 Å². The minimum absolute atomic E-state index is 0.00753. The summed E-state index contributed by atoms with van der Waals surface area (Å²) >= 11 is 0. The molecule has 0 saturated heterocycles. The van der Waals surface area contributed by atoms with Crippen LogP contribution in [0.3, 0.4) is 0 Å². The molecule has 0 amide bonds. The molecule has 15 heavy (non-hydrogen) atoms. The van der Waals surface area contributed by atoms with Crippen molar-refractivity contribution in [3.63, 3.8) is 0 Å². The Labute approximate surface area is 86.8 Å². The molecule has 1 N–H and O–H groups in total. The van der Waals surface area contributed by atoms with E-state index in [4.69, 9.17) is 4.74 Å². The summed E-state index contributed by atoms with van der Waals surface area (Å²) in [6.07, 6.45) is 4.31. The van der Waals surface area contributed by atoms with E-state index in [1.54, 1.807) is 12.4 Å². The molecule has 2 rings (SSSR count). The van der Waals surface area contributed by atoms with Gasteiger partial charge in [0.2, 0.25) is 5.92 Å². The topological polar surface area (TPSA) is 37.9 Å². The zero-order chi connectivity index (χ0) is 10.7. The third kappa shape index (κ3) is 2.91. The Morgan fingerprint density at radius 3 is 2.80 bits per heavy atom. The maximum atomic E-state index is 12.8. The second kappa shape index (κ2) is 4.16. The van der Waals surface area contributed by atoms with E-state index >= 15 is 0 Å². The lowest BCUT2D eigenvalue weighted by Gasteiger charge is -2.27. The number of alkyl halides is 2. The number of rotatable bonds is 3. The second-order valence-corrected chi connectivity index (χ2v) is 4.04. The Kier molecular flexibility index (Phi) is 2.88. The average molecular weight is 216 g/mol. The van der Waals surface area contributed by atoms with Crippen molar-refractivity contribution in [1.29, 1.82) is 0 Å². The molecule has 0 unspecified atom stereocenters. The van der Waals surface area contributed by atoms with Gasteiger partial charge in [0.15, 0.2) is 5.75 Å². The van der Waals surface area contributed by atoms with Crippen molar-refractivity contribution in [3.8, 4) is 5.75 Å². The van der Waals surface area contributed by atoms with Crippen molar-refractivity contribution in [1.82, 2.24) is 10.2 Å². The summed E-state index contributed by atoms with van der Waals surface area (Å²) < 4.78 is 31.1. The number of hydrogen-bond acceptors (Lipinski definition) is 2. The molecule has 1 saturated carbocycles. The molecule has 1 aliphatic carbocycles. The molecular weight excluding hydrogens is 202 g/mol. The fraction of sp³-hybridized carbons (Fsp3) is 0.700. The number of ether oxygens (including phenoxy) is 1. The standard InChI is InChI=1S/C10H14F2N2O/c11-10(12)3-1-8(2-4-10)7-15-9-5-13-14-6-9/h5-6,8H,1-4,7H2,(H,13,14).